The Hall–Kier alpha value is -3.04. The van der Waals surface area contributed by atoms with Gasteiger partial charge in [-0.3, -0.25) is 19.2 Å². The molecule has 1 aromatic heterocycles. The van der Waals surface area contributed by atoms with Crippen molar-refractivity contribution in [2.75, 3.05) is 26.2 Å². The van der Waals surface area contributed by atoms with Gasteiger partial charge in [0.15, 0.2) is 0 Å². The number of nitrogens with zero attached hydrogens (tertiary/aromatic N) is 4. The third-order valence-corrected chi connectivity index (χ3v) is 4.78. The summed E-state index contributed by atoms with van der Waals surface area (Å²) in [6.07, 6.45) is 5.48. The predicted molar refractivity (Wildman–Crippen MR) is 93.3 cm³/mol. The van der Waals surface area contributed by atoms with Gasteiger partial charge in [0.25, 0.3) is 5.91 Å². The fourth-order valence-corrected chi connectivity index (χ4v) is 3.34. The minimum Gasteiger partial charge on any atom is -0.354 e. The van der Waals surface area contributed by atoms with E-state index in [1.807, 2.05) is 0 Å². The normalized spacial score (nSPS) is 22.8. The molecule has 2 aliphatic heterocycles. The molecule has 144 valence electrons. The maximum Gasteiger partial charge on any atom is 0.257 e. The van der Waals surface area contributed by atoms with Crippen LogP contribution in [0.15, 0.2) is 18.7 Å². The highest BCUT2D eigenvalue weighted by Crippen LogP contribution is 2.14. The van der Waals surface area contributed by atoms with Crippen molar-refractivity contribution in [2.45, 2.75) is 31.8 Å². The van der Waals surface area contributed by atoms with Crippen LogP contribution in [0.4, 0.5) is 0 Å². The van der Waals surface area contributed by atoms with Gasteiger partial charge < -0.3 is 20.4 Å². The number of rotatable bonds is 3. The Labute approximate surface area is 156 Å². The standard InChI is InChI=1S/C17H22N6O4/c1-11(24)23-6-5-22(17(27)12-7-18-10-19-8-12)9-14(23)16(26)21-13-3-2-4-20-15(13)25/h7-8,10,13-14H,2-6,9H2,1H3,(H,20,25)(H,21,26)/t13-,14-/m0/s1. The van der Waals surface area contributed by atoms with E-state index in [0.717, 1.165) is 6.42 Å². The molecule has 1 aromatic rings. The summed E-state index contributed by atoms with van der Waals surface area (Å²) >= 11 is 0. The molecule has 3 rings (SSSR count). The molecule has 0 bridgehead atoms. The van der Waals surface area contributed by atoms with Crippen molar-refractivity contribution in [3.8, 4) is 0 Å². The van der Waals surface area contributed by atoms with Gasteiger partial charge in [0.2, 0.25) is 17.7 Å². The van der Waals surface area contributed by atoms with Gasteiger partial charge in [0, 0.05) is 39.0 Å². The lowest BCUT2D eigenvalue weighted by Crippen LogP contribution is -2.63. The van der Waals surface area contributed by atoms with E-state index in [0.29, 0.717) is 25.1 Å². The van der Waals surface area contributed by atoms with Crippen LogP contribution in [0.25, 0.3) is 0 Å². The SMILES string of the molecule is CC(=O)N1CCN(C(=O)c2cncnc2)C[C@H]1C(=O)N[C@H]1CCCNC1=O. The summed E-state index contributed by atoms with van der Waals surface area (Å²) in [5.41, 5.74) is 0.319. The van der Waals surface area contributed by atoms with Gasteiger partial charge in [-0.1, -0.05) is 0 Å². The molecule has 0 aromatic carbocycles. The number of hydrogen-bond donors (Lipinski definition) is 2. The maximum absolute atomic E-state index is 12.8. The predicted octanol–water partition coefficient (Wildman–Crippen LogP) is -1.46. The lowest BCUT2D eigenvalue weighted by molar-refractivity contribution is -0.143. The molecule has 2 fully saturated rings. The first kappa shape index (κ1) is 18.7. The lowest BCUT2D eigenvalue weighted by Gasteiger charge is -2.40. The van der Waals surface area contributed by atoms with Crippen molar-refractivity contribution in [1.82, 2.24) is 30.4 Å². The second-order valence-electron chi connectivity index (χ2n) is 6.60. The molecule has 10 heteroatoms. The summed E-state index contributed by atoms with van der Waals surface area (Å²) in [6.45, 7) is 2.57. The zero-order valence-electron chi connectivity index (χ0n) is 15.1. The molecule has 0 spiro atoms. The van der Waals surface area contributed by atoms with Gasteiger partial charge in [-0.15, -0.1) is 0 Å². The van der Waals surface area contributed by atoms with E-state index in [2.05, 4.69) is 20.6 Å². The maximum atomic E-state index is 12.8. The van der Waals surface area contributed by atoms with Gasteiger partial charge in [0.05, 0.1) is 12.1 Å². The first-order valence-corrected chi connectivity index (χ1v) is 8.87. The Morgan fingerprint density at radius 3 is 2.63 bits per heavy atom. The van der Waals surface area contributed by atoms with E-state index >= 15 is 0 Å². The van der Waals surface area contributed by atoms with Crippen LogP contribution in [0.2, 0.25) is 0 Å². The van der Waals surface area contributed by atoms with Gasteiger partial charge in [-0.25, -0.2) is 9.97 Å². The van der Waals surface area contributed by atoms with Crippen LogP contribution in [0.3, 0.4) is 0 Å². The van der Waals surface area contributed by atoms with Gasteiger partial charge in [0.1, 0.15) is 18.4 Å². The molecule has 10 nitrogen and oxygen atoms in total. The van der Waals surface area contributed by atoms with Crippen LogP contribution < -0.4 is 10.6 Å². The molecule has 0 unspecified atom stereocenters. The number of carbonyl (C=O) groups excluding carboxylic acids is 4. The third kappa shape index (κ3) is 4.21. The summed E-state index contributed by atoms with van der Waals surface area (Å²) in [6, 6.07) is -1.46. The number of carbonyl (C=O) groups is 4. The molecular formula is C17H22N6O4. The monoisotopic (exact) mass is 374 g/mol. The highest BCUT2D eigenvalue weighted by Gasteiger charge is 2.37. The largest absolute Gasteiger partial charge is 0.354 e. The summed E-state index contributed by atoms with van der Waals surface area (Å²) < 4.78 is 0. The van der Waals surface area contributed by atoms with E-state index in [1.165, 1.54) is 35.4 Å². The van der Waals surface area contributed by atoms with Crippen molar-refractivity contribution in [1.29, 1.82) is 0 Å². The first-order chi connectivity index (χ1) is 13.0. The summed E-state index contributed by atoms with van der Waals surface area (Å²) in [5.74, 6) is -1.21. The number of piperazine rings is 1. The molecule has 0 radical (unpaired) electrons. The fraction of sp³-hybridized carbons (Fsp3) is 0.529. The summed E-state index contributed by atoms with van der Waals surface area (Å²) in [7, 11) is 0. The number of amides is 4. The van der Waals surface area contributed by atoms with Crippen LogP contribution in [-0.2, 0) is 14.4 Å². The summed E-state index contributed by atoms with van der Waals surface area (Å²) in [5, 5.41) is 5.43. The van der Waals surface area contributed by atoms with E-state index in [4.69, 9.17) is 0 Å². The molecule has 4 amide bonds. The Bertz CT molecular complexity index is 740. The number of piperidine rings is 1. The van der Waals surface area contributed by atoms with Crippen molar-refractivity contribution in [2.24, 2.45) is 0 Å². The molecule has 2 aliphatic rings. The van der Waals surface area contributed by atoms with Gasteiger partial charge in [-0.2, -0.15) is 0 Å². The van der Waals surface area contributed by atoms with Crippen LogP contribution in [0.5, 0.6) is 0 Å². The molecular weight excluding hydrogens is 352 g/mol. The van der Waals surface area contributed by atoms with Crippen molar-refractivity contribution in [3.05, 3.63) is 24.3 Å². The second-order valence-corrected chi connectivity index (χ2v) is 6.60. The topological polar surface area (TPSA) is 125 Å². The van der Waals surface area contributed by atoms with Crippen molar-refractivity contribution < 1.29 is 19.2 Å². The fourth-order valence-electron chi connectivity index (χ4n) is 3.34. The molecule has 3 heterocycles. The first-order valence-electron chi connectivity index (χ1n) is 8.87. The molecule has 2 N–H and O–H groups in total. The third-order valence-electron chi connectivity index (χ3n) is 4.78. The van der Waals surface area contributed by atoms with E-state index in [-0.39, 0.29) is 30.8 Å². The Kier molecular flexibility index (Phi) is 5.63. The Morgan fingerprint density at radius 1 is 1.22 bits per heavy atom. The number of aromatic nitrogens is 2. The van der Waals surface area contributed by atoms with E-state index in [9.17, 15) is 19.2 Å². The van der Waals surface area contributed by atoms with E-state index in [1.54, 1.807) is 0 Å². The summed E-state index contributed by atoms with van der Waals surface area (Å²) in [4.78, 5) is 59.9. The van der Waals surface area contributed by atoms with Crippen LogP contribution in [0.1, 0.15) is 30.1 Å². The highest BCUT2D eigenvalue weighted by molar-refractivity contribution is 5.96. The Balaban J connectivity index is 1.73. The highest BCUT2D eigenvalue weighted by atomic mass is 16.2. The zero-order chi connectivity index (χ0) is 19.4. The average Bonchev–Trinajstić information content (AvgIpc) is 2.69. The van der Waals surface area contributed by atoms with Gasteiger partial charge >= 0.3 is 0 Å². The molecule has 27 heavy (non-hydrogen) atoms. The van der Waals surface area contributed by atoms with Crippen molar-refractivity contribution in [3.63, 3.8) is 0 Å². The average molecular weight is 374 g/mol. The van der Waals surface area contributed by atoms with Crippen LogP contribution in [-0.4, -0.2) is 81.7 Å². The zero-order valence-corrected chi connectivity index (χ0v) is 15.1. The quantitative estimate of drug-likeness (QED) is 0.667. The lowest BCUT2D eigenvalue weighted by atomic mass is 10.0. The minimum atomic E-state index is -0.848. The Morgan fingerprint density at radius 2 is 1.96 bits per heavy atom. The second kappa shape index (κ2) is 8.11. The number of nitrogens with one attached hydrogen (secondary N) is 2. The molecule has 0 aliphatic carbocycles. The van der Waals surface area contributed by atoms with Crippen molar-refractivity contribution >= 4 is 23.6 Å². The van der Waals surface area contributed by atoms with Gasteiger partial charge in [-0.05, 0) is 12.8 Å². The molecule has 0 saturated carbocycles. The van der Waals surface area contributed by atoms with Crippen LogP contribution >= 0.6 is 0 Å². The minimum absolute atomic E-state index is 0.0491. The van der Waals surface area contributed by atoms with E-state index < -0.39 is 18.0 Å². The molecule has 2 saturated heterocycles. The number of hydrogen-bond acceptors (Lipinski definition) is 6. The van der Waals surface area contributed by atoms with Crippen LogP contribution in [0, 0.1) is 0 Å². The molecule has 2 atom stereocenters. The smallest absolute Gasteiger partial charge is 0.257 e.